The molecule has 4 nitrogen and oxygen atoms in total. The molecule has 0 aliphatic carbocycles. The van der Waals surface area contributed by atoms with Crippen LogP contribution in [0.1, 0.15) is 19.4 Å². The second kappa shape index (κ2) is 4.40. The number of rotatable bonds is 3. The molecule has 94 valence electrons. The summed E-state index contributed by atoms with van der Waals surface area (Å²) in [7, 11) is -3.14. The van der Waals surface area contributed by atoms with Crippen molar-refractivity contribution in [3.8, 4) is 0 Å². The summed E-state index contributed by atoms with van der Waals surface area (Å²) in [5.74, 6) is -0.634. The first-order valence-corrected chi connectivity index (χ1v) is 7.24. The van der Waals surface area contributed by atoms with Crippen molar-refractivity contribution in [2.45, 2.75) is 24.5 Å². The SMILES string of the molecule is CCS(=O)(=O)c1ccc(C2(C)OCCO2)cc1. The zero-order chi connectivity index (χ0) is 12.5. The first-order valence-electron chi connectivity index (χ1n) is 5.59. The molecule has 0 amide bonds. The van der Waals surface area contributed by atoms with Crippen molar-refractivity contribution in [3.05, 3.63) is 29.8 Å². The predicted octanol–water partition coefficient (Wildman–Crippen LogP) is 1.70. The Hall–Kier alpha value is -0.910. The largest absolute Gasteiger partial charge is 0.344 e. The van der Waals surface area contributed by atoms with Crippen LogP contribution < -0.4 is 0 Å². The fourth-order valence-electron chi connectivity index (χ4n) is 1.81. The van der Waals surface area contributed by atoms with Crippen LogP contribution in [0.4, 0.5) is 0 Å². The highest BCUT2D eigenvalue weighted by molar-refractivity contribution is 7.91. The van der Waals surface area contributed by atoms with Gasteiger partial charge in [0, 0.05) is 5.56 Å². The van der Waals surface area contributed by atoms with Crippen LogP contribution in [0.5, 0.6) is 0 Å². The lowest BCUT2D eigenvalue weighted by atomic mass is 10.1. The van der Waals surface area contributed by atoms with Gasteiger partial charge in [0.25, 0.3) is 0 Å². The van der Waals surface area contributed by atoms with Gasteiger partial charge < -0.3 is 9.47 Å². The van der Waals surface area contributed by atoms with Crippen LogP contribution in [0.3, 0.4) is 0 Å². The quantitative estimate of drug-likeness (QED) is 0.826. The van der Waals surface area contributed by atoms with E-state index in [2.05, 4.69) is 0 Å². The van der Waals surface area contributed by atoms with Crippen LogP contribution in [-0.4, -0.2) is 27.4 Å². The van der Waals surface area contributed by atoms with Gasteiger partial charge in [0.2, 0.25) is 0 Å². The van der Waals surface area contributed by atoms with Crippen molar-refractivity contribution >= 4 is 9.84 Å². The van der Waals surface area contributed by atoms with E-state index in [9.17, 15) is 8.42 Å². The van der Waals surface area contributed by atoms with Crippen LogP contribution in [0, 0.1) is 0 Å². The Morgan fingerprint density at radius 2 is 1.71 bits per heavy atom. The summed E-state index contributed by atoms with van der Waals surface area (Å²) in [5, 5.41) is 0. The average Bonchev–Trinajstić information content (AvgIpc) is 2.78. The summed E-state index contributed by atoms with van der Waals surface area (Å²) in [4.78, 5) is 0.338. The van der Waals surface area contributed by atoms with Crippen molar-refractivity contribution in [2.24, 2.45) is 0 Å². The third kappa shape index (κ3) is 2.36. The first kappa shape index (κ1) is 12.5. The Bertz CT molecular complexity index is 484. The Balaban J connectivity index is 2.30. The van der Waals surface area contributed by atoms with E-state index in [0.29, 0.717) is 18.1 Å². The molecule has 0 unspecified atom stereocenters. The van der Waals surface area contributed by atoms with E-state index in [1.54, 1.807) is 31.2 Å². The van der Waals surface area contributed by atoms with Gasteiger partial charge in [-0.3, -0.25) is 0 Å². The molecule has 1 aromatic rings. The zero-order valence-corrected chi connectivity index (χ0v) is 10.8. The van der Waals surface area contributed by atoms with E-state index in [-0.39, 0.29) is 5.75 Å². The van der Waals surface area contributed by atoms with Crippen molar-refractivity contribution in [1.82, 2.24) is 0 Å². The standard InChI is InChI=1S/C12H16O4S/c1-3-17(13,14)11-6-4-10(5-7-11)12(2)15-8-9-16-12/h4-7H,3,8-9H2,1-2H3. The summed E-state index contributed by atoms with van der Waals surface area (Å²) < 4.78 is 34.3. The molecule has 0 N–H and O–H groups in total. The van der Waals surface area contributed by atoms with Crippen LogP contribution in [-0.2, 0) is 25.1 Å². The molecule has 1 fully saturated rings. The number of benzene rings is 1. The molecule has 0 aromatic heterocycles. The Morgan fingerprint density at radius 3 is 2.18 bits per heavy atom. The molecule has 5 heteroatoms. The number of hydrogen-bond acceptors (Lipinski definition) is 4. The summed E-state index contributed by atoms with van der Waals surface area (Å²) in [6.07, 6.45) is 0. The maximum atomic E-state index is 11.7. The third-order valence-corrected chi connectivity index (χ3v) is 4.71. The van der Waals surface area contributed by atoms with E-state index < -0.39 is 15.6 Å². The topological polar surface area (TPSA) is 52.6 Å². The smallest absolute Gasteiger partial charge is 0.192 e. The second-order valence-corrected chi connectivity index (χ2v) is 6.35. The molecule has 1 aromatic carbocycles. The molecular formula is C12H16O4S. The van der Waals surface area contributed by atoms with Gasteiger partial charge >= 0.3 is 0 Å². The van der Waals surface area contributed by atoms with Crippen molar-refractivity contribution in [1.29, 1.82) is 0 Å². The lowest BCUT2D eigenvalue weighted by Gasteiger charge is -2.22. The van der Waals surface area contributed by atoms with E-state index in [0.717, 1.165) is 5.56 Å². The van der Waals surface area contributed by atoms with Gasteiger partial charge in [-0.1, -0.05) is 19.1 Å². The highest BCUT2D eigenvalue weighted by Gasteiger charge is 2.33. The van der Waals surface area contributed by atoms with Gasteiger partial charge in [0.15, 0.2) is 15.6 Å². The molecule has 0 atom stereocenters. The highest BCUT2D eigenvalue weighted by Crippen LogP contribution is 2.31. The lowest BCUT2D eigenvalue weighted by molar-refractivity contribution is -0.149. The Labute approximate surface area is 101 Å². The lowest BCUT2D eigenvalue weighted by Crippen LogP contribution is -2.22. The molecule has 1 heterocycles. The average molecular weight is 256 g/mol. The molecule has 1 saturated heterocycles. The number of ether oxygens (including phenoxy) is 2. The molecule has 1 aliphatic heterocycles. The molecule has 2 rings (SSSR count). The summed E-state index contributed by atoms with van der Waals surface area (Å²) in [5.41, 5.74) is 0.838. The van der Waals surface area contributed by atoms with Crippen molar-refractivity contribution < 1.29 is 17.9 Å². The second-order valence-electron chi connectivity index (χ2n) is 4.07. The summed E-state index contributed by atoms with van der Waals surface area (Å²) in [6, 6.07) is 6.69. The van der Waals surface area contributed by atoms with Crippen molar-refractivity contribution in [3.63, 3.8) is 0 Å². The highest BCUT2D eigenvalue weighted by atomic mass is 32.2. The molecule has 17 heavy (non-hydrogen) atoms. The third-order valence-electron chi connectivity index (χ3n) is 2.96. The van der Waals surface area contributed by atoms with Gasteiger partial charge in [-0.05, 0) is 19.1 Å². The van der Waals surface area contributed by atoms with Gasteiger partial charge in [0.05, 0.1) is 23.9 Å². The Kier molecular flexibility index (Phi) is 3.25. The first-order chi connectivity index (χ1) is 7.98. The molecular weight excluding hydrogens is 240 g/mol. The normalized spacial score (nSPS) is 19.4. The van der Waals surface area contributed by atoms with Gasteiger partial charge in [0.1, 0.15) is 0 Å². The molecule has 0 radical (unpaired) electrons. The van der Waals surface area contributed by atoms with Crippen molar-refractivity contribution in [2.75, 3.05) is 19.0 Å². The van der Waals surface area contributed by atoms with E-state index in [1.807, 2.05) is 6.92 Å². The van der Waals surface area contributed by atoms with Crippen LogP contribution in [0.25, 0.3) is 0 Å². The fourth-order valence-corrected chi connectivity index (χ4v) is 2.70. The molecule has 0 saturated carbocycles. The van der Waals surface area contributed by atoms with Gasteiger partial charge in [-0.15, -0.1) is 0 Å². The number of hydrogen-bond donors (Lipinski definition) is 0. The molecule has 0 bridgehead atoms. The van der Waals surface area contributed by atoms with Gasteiger partial charge in [-0.25, -0.2) is 8.42 Å². The van der Waals surface area contributed by atoms with E-state index in [4.69, 9.17) is 9.47 Å². The minimum absolute atomic E-state index is 0.108. The predicted molar refractivity (Wildman–Crippen MR) is 63.4 cm³/mol. The van der Waals surface area contributed by atoms with Crippen LogP contribution in [0.15, 0.2) is 29.2 Å². The summed E-state index contributed by atoms with van der Waals surface area (Å²) in [6.45, 7) is 4.59. The van der Waals surface area contributed by atoms with Gasteiger partial charge in [-0.2, -0.15) is 0 Å². The summed E-state index contributed by atoms with van der Waals surface area (Å²) >= 11 is 0. The Morgan fingerprint density at radius 1 is 1.18 bits per heavy atom. The fraction of sp³-hybridized carbons (Fsp3) is 0.500. The maximum absolute atomic E-state index is 11.7. The minimum Gasteiger partial charge on any atom is -0.344 e. The van der Waals surface area contributed by atoms with Crippen LogP contribution >= 0.6 is 0 Å². The molecule has 1 aliphatic rings. The number of sulfone groups is 1. The van der Waals surface area contributed by atoms with E-state index in [1.165, 1.54) is 0 Å². The van der Waals surface area contributed by atoms with E-state index >= 15 is 0 Å². The maximum Gasteiger partial charge on any atom is 0.192 e. The zero-order valence-electron chi connectivity index (χ0n) is 9.97. The monoisotopic (exact) mass is 256 g/mol. The van der Waals surface area contributed by atoms with Crippen LogP contribution in [0.2, 0.25) is 0 Å². The minimum atomic E-state index is -3.14. The molecule has 0 spiro atoms.